The van der Waals surface area contributed by atoms with Crippen molar-refractivity contribution < 1.29 is 14.3 Å². The largest absolute Gasteiger partial charge is 0.497 e. The first-order chi connectivity index (χ1) is 14.9. The molecule has 1 fully saturated rings. The fourth-order valence-electron chi connectivity index (χ4n) is 3.61. The highest BCUT2D eigenvalue weighted by atomic mass is 35.5. The number of hydrogen-bond acceptors (Lipinski definition) is 4. The Bertz CT molecular complexity index is 930. The normalized spacial score (nSPS) is 15.9. The number of carbonyl (C=O) groups excluding carboxylic acids is 2. The van der Waals surface area contributed by atoms with Crippen LogP contribution in [0.5, 0.6) is 5.75 Å². The molecule has 8 heteroatoms. The van der Waals surface area contributed by atoms with Gasteiger partial charge in [0.05, 0.1) is 22.7 Å². The molecule has 1 unspecified atom stereocenters. The minimum atomic E-state index is -0.683. The first-order valence-corrected chi connectivity index (χ1v) is 11.0. The van der Waals surface area contributed by atoms with Gasteiger partial charge in [-0.05, 0) is 49.6 Å². The van der Waals surface area contributed by atoms with E-state index in [1.165, 1.54) is 5.56 Å². The SMILES string of the molecule is COc1cccc(CN2CCC(NC(=O)C(C)NC(=O)c3cccc(Cl)c3Cl)CC2)c1. The standard InChI is InChI=1S/C23H27Cl2N3O3/c1-15(26-23(30)19-7-4-8-20(24)21(19)25)22(29)27-17-9-11-28(12-10-17)14-16-5-3-6-18(13-16)31-2/h3-8,13,15,17H,9-12,14H2,1-2H3,(H,26,30)(H,27,29). The molecule has 1 atom stereocenters. The summed E-state index contributed by atoms with van der Waals surface area (Å²) in [6, 6.07) is 12.3. The number of piperidine rings is 1. The summed E-state index contributed by atoms with van der Waals surface area (Å²) in [5.41, 5.74) is 1.46. The molecule has 2 aromatic carbocycles. The van der Waals surface area contributed by atoms with Crippen LogP contribution < -0.4 is 15.4 Å². The quantitative estimate of drug-likeness (QED) is 0.652. The van der Waals surface area contributed by atoms with Crippen LogP contribution in [0.1, 0.15) is 35.7 Å². The lowest BCUT2D eigenvalue weighted by atomic mass is 10.0. The number of nitrogens with one attached hydrogen (secondary N) is 2. The van der Waals surface area contributed by atoms with Crippen molar-refractivity contribution in [3.05, 3.63) is 63.6 Å². The molecule has 0 spiro atoms. The first-order valence-electron chi connectivity index (χ1n) is 10.3. The third kappa shape index (κ3) is 6.35. The first kappa shape index (κ1) is 23.4. The fourth-order valence-corrected chi connectivity index (χ4v) is 4.00. The van der Waals surface area contributed by atoms with E-state index >= 15 is 0 Å². The van der Waals surface area contributed by atoms with Gasteiger partial charge < -0.3 is 15.4 Å². The van der Waals surface area contributed by atoms with Crippen LogP contribution in [-0.4, -0.2) is 49.0 Å². The zero-order valence-corrected chi connectivity index (χ0v) is 19.2. The number of halogens is 2. The Morgan fingerprint density at radius 2 is 1.87 bits per heavy atom. The Morgan fingerprint density at radius 1 is 1.16 bits per heavy atom. The number of likely N-dealkylation sites (tertiary alicyclic amines) is 1. The Labute approximate surface area is 192 Å². The number of amides is 2. The van der Waals surface area contributed by atoms with Gasteiger partial charge in [-0.2, -0.15) is 0 Å². The summed E-state index contributed by atoms with van der Waals surface area (Å²) in [5.74, 6) is 0.218. The van der Waals surface area contributed by atoms with Gasteiger partial charge in [0, 0.05) is 25.7 Å². The van der Waals surface area contributed by atoms with E-state index < -0.39 is 11.9 Å². The van der Waals surface area contributed by atoms with Crippen molar-refractivity contribution in [1.29, 1.82) is 0 Å². The Balaban J connectivity index is 1.45. The minimum absolute atomic E-state index is 0.0863. The van der Waals surface area contributed by atoms with E-state index in [0.29, 0.717) is 5.02 Å². The van der Waals surface area contributed by atoms with Crippen LogP contribution in [-0.2, 0) is 11.3 Å². The maximum atomic E-state index is 12.6. The molecule has 0 aromatic heterocycles. The van der Waals surface area contributed by atoms with Crippen LogP contribution in [0, 0.1) is 0 Å². The molecule has 2 amide bonds. The zero-order chi connectivity index (χ0) is 22.4. The Hall–Kier alpha value is -2.28. The molecule has 1 heterocycles. The van der Waals surface area contributed by atoms with Gasteiger partial charge >= 0.3 is 0 Å². The topological polar surface area (TPSA) is 70.7 Å². The van der Waals surface area contributed by atoms with Crippen molar-refractivity contribution >= 4 is 35.0 Å². The summed E-state index contributed by atoms with van der Waals surface area (Å²) in [6.45, 7) is 4.29. The van der Waals surface area contributed by atoms with Crippen molar-refractivity contribution in [2.24, 2.45) is 0 Å². The molecular formula is C23H27Cl2N3O3. The highest BCUT2D eigenvalue weighted by molar-refractivity contribution is 6.43. The Kier molecular flexibility index (Phi) is 8.18. The number of methoxy groups -OCH3 is 1. The van der Waals surface area contributed by atoms with Crippen molar-refractivity contribution in [2.75, 3.05) is 20.2 Å². The van der Waals surface area contributed by atoms with E-state index in [4.69, 9.17) is 27.9 Å². The smallest absolute Gasteiger partial charge is 0.253 e. The summed E-state index contributed by atoms with van der Waals surface area (Å²) in [4.78, 5) is 27.4. The molecular weight excluding hydrogens is 437 g/mol. The maximum absolute atomic E-state index is 12.6. The molecule has 31 heavy (non-hydrogen) atoms. The van der Waals surface area contributed by atoms with E-state index in [1.54, 1.807) is 32.2 Å². The Morgan fingerprint density at radius 3 is 2.58 bits per heavy atom. The third-order valence-corrected chi connectivity index (χ3v) is 6.23. The number of hydrogen-bond donors (Lipinski definition) is 2. The zero-order valence-electron chi connectivity index (χ0n) is 17.7. The second kappa shape index (κ2) is 10.8. The van der Waals surface area contributed by atoms with Crippen molar-refractivity contribution in [2.45, 2.75) is 38.4 Å². The molecule has 6 nitrogen and oxygen atoms in total. The van der Waals surface area contributed by atoms with Crippen LogP contribution in [0.3, 0.4) is 0 Å². The lowest BCUT2D eigenvalue weighted by molar-refractivity contribution is -0.123. The molecule has 1 saturated heterocycles. The van der Waals surface area contributed by atoms with E-state index in [9.17, 15) is 9.59 Å². The third-order valence-electron chi connectivity index (χ3n) is 5.41. The van der Waals surface area contributed by atoms with Crippen LogP contribution in [0.15, 0.2) is 42.5 Å². The molecule has 0 aliphatic carbocycles. The fraction of sp³-hybridized carbons (Fsp3) is 0.391. The summed E-state index contributed by atoms with van der Waals surface area (Å²) in [5, 5.41) is 6.21. The molecule has 2 N–H and O–H groups in total. The average Bonchev–Trinajstić information content (AvgIpc) is 2.77. The lowest BCUT2D eigenvalue weighted by Crippen LogP contribution is -2.51. The molecule has 3 rings (SSSR count). The maximum Gasteiger partial charge on any atom is 0.253 e. The highest BCUT2D eigenvalue weighted by Gasteiger charge is 2.24. The van der Waals surface area contributed by atoms with E-state index in [-0.39, 0.29) is 22.5 Å². The van der Waals surface area contributed by atoms with Gasteiger partial charge in [-0.15, -0.1) is 0 Å². The minimum Gasteiger partial charge on any atom is -0.497 e. The van der Waals surface area contributed by atoms with Crippen molar-refractivity contribution in [1.82, 2.24) is 15.5 Å². The number of nitrogens with zero attached hydrogens (tertiary/aromatic N) is 1. The van der Waals surface area contributed by atoms with Crippen LogP contribution >= 0.6 is 23.2 Å². The molecule has 1 aliphatic rings. The van der Waals surface area contributed by atoms with Gasteiger partial charge in [0.1, 0.15) is 11.8 Å². The van der Waals surface area contributed by atoms with E-state index in [1.807, 2.05) is 18.2 Å². The van der Waals surface area contributed by atoms with Gasteiger partial charge in [0.25, 0.3) is 5.91 Å². The van der Waals surface area contributed by atoms with Crippen LogP contribution in [0.4, 0.5) is 0 Å². The predicted molar refractivity (Wildman–Crippen MR) is 123 cm³/mol. The van der Waals surface area contributed by atoms with Gasteiger partial charge in [0.15, 0.2) is 0 Å². The van der Waals surface area contributed by atoms with Crippen LogP contribution in [0.2, 0.25) is 10.0 Å². The molecule has 2 aromatic rings. The summed E-state index contributed by atoms with van der Waals surface area (Å²) in [7, 11) is 1.67. The van der Waals surface area contributed by atoms with E-state index in [2.05, 4.69) is 21.6 Å². The predicted octanol–water partition coefficient (Wildman–Crippen LogP) is 3.90. The highest BCUT2D eigenvalue weighted by Crippen LogP contribution is 2.25. The summed E-state index contributed by atoms with van der Waals surface area (Å²) >= 11 is 12.1. The molecule has 0 bridgehead atoms. The molecule has 0 saturated carbocycles. The van der Waals surface area contributed by atoms with Gasteiger partial charge in [-0.1, -0.05) is 41.4 Å². The summed E-state index contributed by atoms with van der Waals surface area (Å²) < 4.78 is 5.29. The lowest BCUT2D eigenvalue weighted by Gasteiger charge is -2.33. The van der Waals surface area contributed by atoms with Crippen LogP contribution in [0.25, 0.3) is 0 Å². The average molecular weight is 464 g/mol. The van der Waals surface area contributed by atoms with Gasteiger partial charge in [0.2, 0.25) is 5.91 Å². The monoisotopic (exact) mass is 463 g/mol. The number of ether oxygens (including phenoxy) is 1. The van der Waals surface area contributed by atoms with Crippen molar-refractivity contribution in [3.63, 3.8) is 0 Å². The number of rotatable bonds is 7. The molecule has 1 aliphatic heterocycles. The second-order valence-electron chi connectivity index (χ2n) is 7.71. The number of carbonyl (C=O) groups is 2. The molecule has 166 valence electrons. The summed E-state index contributed by atoms with van der Waals surface area (Å²) in [6.07, 6.45) is 1.72. The van der Waals surface area contributed by atoms with E-state index in [0.717, 1.165) is 38.2 Å². The molecule has 0 radical (unpaired) electrons. The second-order valence-corrected chi connectivity index (χ2v) is 8.49. The van der Waals surface area contributed by atoms with Crippen molar-refractivity contribution in [3.8, 4) is 5.75 Å². The van der Waals surface area contributed by atoms with Gasteiger partial charge in [-0.3, -0.25) is 14.5 Å². The van der Waals surface area contributed by atoms with Gasteiger partial charge in [-0.25, -0.2) is 0 Å². The number of benzene rings is 2.